The summed E-state index contributed by atoms with van der Waals surface area (Å²) in [6.07, 6.45) is 0. The molecule has 0 N–H and O–H groups in total. The highest BCUT2D eigenvalue weighted by molar-refractivity contribution is 5.38. The molecule has 1 aromatic heterocycles. The third-order valence-electron chi connectivity index (χ3n) is 4.41. The average molecular weight is 344 g/mol. The molecule has 26 heavy (non-hydrogen) atoms. The minimum Gasteiger partial charge on any atom is -0.488 e. The van der Waals surface area contributed by atoms with E-state index < -0.39 is 0 Å². The zero-order chi connectivity index (χ0) is 18.5. The lowest BCUT2D eigenvalue weighted by molar-refractivity contribution is 0.302. The van der Waals surface area contributed by atoms with Gasteiger partial charge in [0.05, 0.1) is 23.7 Å². The van der Waals surface area contributed by atoms with E-state index in [2.05, 4.69) is 6.07 Å². The average Bonchev–Trinajstić information content (AvgIpc) is 2.68. The van der Waals surface area contributed by atoms with Crippen molar-refractivity contribution in [3.63, 3.8) is 0 Å². The van der Waals surface area contributed by atoms with Crippen LogP contribution in [-0.2, 0) is 13.2 Å². The molecule has 3 rings (SSSR count). The molecule has 0 aliphatic heterocycles. The lowest BCUT2D eigenvalue weighted by atomic mass is 10.1. The Morgan fingerprint density at radius 3 is 2.46 bits per heavy atom. The van der Waals surface area contributed by atoms with Crippen LogP contribution in [0.4, 0.5) is 0 Å². The molecule has 0 aliphatic rings. The van der Waals surface area contributed by atoms with E-state index >= 15 is 0 Å². The molecule has 0 aliphatic carbocycles. The zero-order valence-electron chi connectivity index (χ0n) is 14.9. The van der Waals surface area contributed by atoms with E-state index in [1.54, 1.807) is 17.6 Å². The molecular weight excluding hydrogens is 324 g/mol. The van der Waals surface area contributed by atoms with Crippen LogP contribution in [0.2, 0.25) is 0 Å². The molecule has 0 unspecified atom stereocenters. The first-order valence-electron chi connectivity index (χ1n) is 8.46. The van der Waals surface area contributed by atoms with Crippen molar-refractivity contribution in [2.75, 3.05) is 0 Å². The predicted molar refractivity (Wildman–Crippen MR) is 101 cm³/mol. The summed E-state index contributed by atoms with van der Waals surface area (Å²) < 4.78 is 7.62. The highest BCUT2D eigenvalue weighted by atomic mass is 16.5. The van der Waals surface area contributed by atoms with Crippen molar-refractivity contribution in [2.45, 2.75) is 27.0 Å². The first-order valence-corrected chi connectivity index (χ1v) is 8.46. The summed E-state index contributed by atoms with van der Waals surface area (Å²) in [5.74, 6) is 0.560. The Morgan fingerprint density at radius 2 is 1.73 bits per heavy atom. The van der Waals surface area contributed by atoms with Crippen molar-refractivity contribution < 1.29 is 4.74 Å². The smallest absolute Gasteiger partial charge is 0.257 e. The molecule has 0 saturated heterocycles. The number of aryl methyl sites for hydroxylation is 1. The van der Waals surface area contributed by atoms with Crippen LogP contribution in [0, 0.1) is 25.2 Å². The summed E-state index contributed by atoms with van der Waals surface area (Å²) in [7, 11) is 0. The second-order valence-electron chi connectivity index (χ2n) is 6.21. The molecule has 4 nitrogen and oxygen atoms in total. The van der Waals surface area contributed by atoms with Gasteiger partial charge in [0.1, 0.15) is 12.4 Å². The molecule has 2 aromatic carbocycles. The number of ether oxygens (including phenoxy) is 1. The third-order valence-corrected chi connectivity index (χ3v) is 4.41. The Labute approximate surface area is 152 Å². The van der Waals surface area contributed by atoms with Crippen LogP contribution in [0.5, 0.6) is 5.75 Å². The lowest BCUT2D eigenvalue weighted by Gasteiger charge is -2.15. The Kier molecular flexibility index (Phi) is 5.19. The largest absolute Gasteiger partial charge is 0.488 e. The van der Waals surface area contributed by atoms with E-state index in [0.717, 1.165) is 16.8 Å². The molecule has 130 valence electrons. The van der Waals surface area contributed by atoms with Crippen molar-refractivity contribution >= 4 is 0 Å². The second-order valence-corrected chi connectivity index (χ2v) is 6.21. The molecule has 0 saturated carbocycles. The number of hydrogen-bond acceptors (Lipinski definition) is 3. The summed E-state index contributed by atoms with van der Waals surface area (Å²) in [5.41, 5.74) is 3.82. The Balaban J connectivity index is 1.86. The zero-order valence-corrected chi connectivity index (χ0v) is 14.9. The topological polar surface area (TPSA) is 55.0 Å². The Morgan fingerprint density at radius 1 is 1.04 bits per heavy atom. The van der Waals surface area contributed by atoms with Gasteiger partial charge >= 0.3 is 0 Å². The fourth-order valence-corrected chi connectivity index (χ4v) is 2.87. The van der Waals surface area contributed by atoms with Crippen LogP contribution in [-0.4, -0.2) is 4.57 Å². The molecule has 0 amide bonds. The van der Waals surface area contributed by atoms with Gasteiger partial charge in [0.25, 0.3) is 5.56 Å². The summed E-state index contributed by atoms with van der Waals surface area (Å²) in [4.78, 5) is 12.8. The molecule has 0 radical (unpaired) electrons. The number of rotatable bonds is 5. The molecular formula is C22H20N2O2. The fraction of sp³-hybridized carbons (Fsp3) is 0.182. The van der Waals surface area contributed by atoms with Crippen molar-refractivity contribution in [3.05, 3.63) is 99.0 Å². The minimum absolute atomic E-state index is 0.0579. The van der Waals surface area contributed by atoms with E-state index in [1.807, 2.05) is 61.5 Å². The van der Waals surface area contributed by atoms with E-state index in [4.69, 9.17) is 4.74 Å². The van der Waals surface area contributed by atoms with Gasteiger partial charge < -0.3 is 9.30 Å². The van der Waals surface area contributed by atoms with Crippen LogP contribution in [0.1, 0.15) is 27.9 Å². The van der Waals surface area contributed by atoms with Gasteiger partial charge in [-0.3, -0.25) is 4.79 Å². The van der Waals surface area contributed by atoms with E-state index in [1.165, 1.54) is 0 Å². The number of benzene rings is 2. The third kappa shape index (κ3) is 3.68. The maximum absolute atomic E-state index is 12.8. The minimum atomic E-state index is -0.0579. The first kappa shape index (κ1) is 17.5. The van der Waals surface area contributed by atoms with Crippen LogP contribution >= 0.6 is 0 Å². The SMILES string of the molecule is Cc1c(OCc2ccccc2C#N)cc(C)n(Cc2ccccc2)c1=O. The lowest BCUT2D eigenvalue weighted by Crippen LogP contribution is -2.25. The maximum atomic E-state index is 12.8. The van der Waals surface area contributed by atoms with Gasteiger partial charge in [-0.1, -0.05) is 48.5 Å². The van der Waals surface area contributed by atoms with Crippen LogP contribution in [0.3, 0.4) is 0 Å². The van der Waals surface area contributed by atoms with Crippen LogP contribution in [0.15, 0.2) is 65.5 Å². The normalized spacial score (nSPS) is 10.3. The summed E-state index contributed by atoms with van der Waals surface area (Å²) >= 11 is 0. The molecule has 4 heteroatoms. The number of pyridine rings is 1. The predicted octanol–water partition coefficient (Wildman–Crippen LogP) is 3.96. The highest BCUT2D eigenvalue weighted by Crippen LogP contribution is 2.19. The van der Waals surface area contributed by atoms with Gasteiger partial charge in [-0.15, -0.1) is 0 Å². The number of nitriles is 1. The molecule has 0 bridgehead atoms. The fourth-order valence-electron chi connectivity index (χ4n) is 2.87. The maximum Gasteiger partial charge on any atom is 0.257 e. The number of aromatic nitrogens is 1. The quantitative estimate of drug-likeness (QED) is 0.704. The van der Waals surface area contributed by atoms with Crippen molar-refractivity contribution in [1.29, 1.82) is 5.26 Å². The summed E-state index contributed by atoms with van der Waals surface area (Å²) in [5, 5.41) is 9.18. The summed E-state index contributed by atoms with van der Waals surface area (Å²) in [6, 6.07) is 21.3. The van der Waals surface area contributed by atoms with Gasteiger partial charge in [-0.25, -0.2) is 0 Å². The van der Waals surface area contributed by atoms with Gasteiger partial charge in [-0.2, -0.15) is 5.26 Å². The molecule has 3 aromatic rings. The van der Waals surface area contributed by atoms with Gasteiger partial charge in [0, 0.05) is 11.3 Å². The van der Waals surface area contributed by atoms with Crippen molar-refractivity contribution in [1.82, 2.24) is 4.57 Å². The molecule has 1 heterocycles. The van der Waals surface area contributed by atoms with E-state index in [9.17, 15) is 10.1 Å². The Hall–Kier alpha value is -3.32. The number of hydrogen-bond donors (Lipinski definition) is 0. The van der Waals surface area contributed by atoms with Gasteiger partial charge in [0.15, 0.2) is 0 Å². The van der Waals surface area contributed by atoms with Gasteiger partial charge in [0.2, 0.25) is 0 Å². The van der Waals surface area contributed by atoms with E-state index in [0.29, 0.717) is 23.4 Å². The van der Waals surface area contributed by atoms with Crippen molar-refractivity contribution in [2.24, 2.45) is 0 Å². The second kappa shape index (κ2) is 7.71. The van der Waals surface area contributed by atoms with Crippen molar-refractivity contribution in [3.8, 4) is 11.8 Å². The molecule has 0 spiro atoms. The Bertz CT molecular complexity index is 1010. The molecule has 0 fully saturated rings. The standard InChI is InChI=1S/C22H20N2O2/c1-16-12-21(26-15-20-11-7-6-10-19(20)13-23)17(2)22(25)24(16)14-18-8-4-3-5-9-18/h3-12H,14-15H2,1-2H3. The first-order chi connectivity index (χ1) is 12.6. The summed E-state index contributed by atoms with van der Waals surface area (Å²) in [6.45, 7) is 4.46. The van der Waals surface area contributed by atoms with Crippen LogP contribution < -0.4 is 10.3 Å². The van der Waals surface area contributed by atoms with Gasteiger partial charge in [-0.05, 0) is 31.5 Å². The molecule has 0 atom stereocenters. The monoisotopic (exact) mass is 344 g/mol. The van der Waals surface area contributed by atoms with Crippen LogP contribution in [0.25, 0.3) is 0 Å². The number of nitrogens with zero attached hydrogens (tertiary/aromatic N) is 2. The van der Waals surface area contributed by atoms with E-state index in [-0.39, 0.29) is 12.2 Å². The highest BCUT2D eigenvalue weighted by Gasteiger charge is 2.12.